The van der Waals surface area contributed by atoms with Crippen LogP contribution in [-0.4, -0.2) is 19.1 Å². The summed E-state index contributed by atoms with van der Waals surface area (Å²) in [7, 11) is 0. The van der Waals surface area contributed by atoms with Gasteiger partial charge in [0.1, 0.15) is 5.75 Å². The van der Waals surface area contributed by atoms with E-state index in [0.717, 1.165) is 22.6 Å². The van der Waals surface area contributed by atoms with Crippen LogP contribution in [-0.2, 0) is 4.79 Å². The second kappa shape index (κ2) is 7.12. The first kappa shape index (κ1) is 16.1. The molecule has 1 amide bonds. The molecule has 0 heterocycles. The van der Waals surface area contributed by atoms with Gasteiger partial charge in [-0.2, -0.15) is 0 Å². The van der Waals surface area contributed by atoms with Gasteiger partial charge in [0.25, 0.3) is 5.91 Å². The maximum atomic E-state index is 12.4. The molecular weight excluding hydrogens is 274 g/mol. The number of carbonyl (C=O) groups is 1. The number of likely N-dealkylation sites (N-methyl/N-ethyl adjacent to an activating group) is 1. The van der Waals surface area contributed by atoms with Crippen LogP contribution in [0.1, 0.15) is 23.6 Å². The van der Waals surface area contributed by atoms with Crippen molar-refractivity contribution in [3.8, 4) is 5.75 Å². The lowest BCUT2D eigenvalue weighted by Crippen LogP contribution is -2.34. The highest BCUT2D eigenvalue weighted by molar-refractivity contribution is 5.94. The Hall–Kier alpha value is -2.29. The molecule has 0 unspecified atom stereocenters. The molecule has 0 aliphatic rings. The Kier molecular flexibility index (Phi) is 5.21. The molecule has 0 spiro atoms. The lowest BCUT2D eigenvalue weighted by molar-refractivity contribution is -0.120. The molecule has 3 nitrogen and oxygen atoms in total. The normalized spacial score (nSPS) is 10.4. The lowest BCUT2D eigenvalue weighted by atomic mass is 10.1. The van der Waals surface area contributed by atoms with Gasteiger partial charge < -0.3 is 9.64 Å². The van der Waals surface area contributed by atoms with Crippen molar-refractivity contribution in [3.63, 3.8) is 0 Å². The summed E-state index contributed by atoms with van der Waals surface area (Å²) in [4.78, 5) is 14.2. The number of rotatable bonds is 5. The minimum Gasteiger partial charge on any atom is -0.483 e. The predicted molar refractivity (Wildman–Crippen MR) is 90.6 cm³/mol. The molecule has 0 N–H and O–H groups in total. The average molecular weight is 297 g/mol. The summed E-state index contributed by atoms with van der Waals surface area (Å²) in [5.41, 5.74) is 4.29. The molecule has 2 rings (SSSR count). The number of anilines is 1. The summed E-state index contributed by atoms with van der Waals surface area (Å²) in [5, 5.41) is 0. The zero-order chi connectivity index (χ0) is 16.1. The van der Waals surface area contributed by atoms with E-state index in [2.05, 4.69) is 6.07 Å². The third-order valence-electron chi connectivity index (χ3n) is 3.61. The Balaban J connectivity index is 2.06. The number of ether oxygens (including phenoxy) is 1. The van der Waals surface area contributed by atoms with E-state index in [1.54, 1.807) is 4.90 Å². The van der Waals surface area contributed by atoms with Crippen LogP contribution >= 0.6 is 0 Å². The van der Waals surface area contributed by atoms with Gasteiger partial charge in [-0.25, -0.2) is 0 Å². The number of hydrogen-bond donors (Lipinski definition) is 0. The number of amides is 1. The maximum Gasteiger partial charge on any atom is 0.264 e. The molecule has 0 saturated carbocycles. The Labute approximate surface area is 132 Å². The molecule has 0 fully saturated rings. The fourth-order valence-electron chi connectivity index (χ4n) is 2.48. The van der Waals surface area contributed by atoms with E-state index in [-0.39, 0.29) is 12.5 Å². The Morgan fingerprint density at radius 1 is 1.05 bits per heavy atom. The van der Waals surface area contributed by atoms with Crippen LogP contribution in [0.2, 0.25) is 0 Å². The zero-order valence-corrected chi connectivity index (χ0v) is 13.7. The summed E-state index contributed by atoms with van der Waals surface area (Å²) < 4.78 is 5.70. The van der Waals surface area contributed by atoms with Gasteiger partial charge in [0.2, 0.25) is 0 Å². The van der Waals surface area contributed by atoms with Crippen molar-refractivity contribution < 1.29 is 9.53 Å². The van der Waals surface area contributed by atoms with Crippen molar-refractivity contribution in [3.05, 3.63) is 59.2 Å². The molecule has 0 aliphatic carbocycles. The van der Waals surface area contributed by atoms with Gasteiger partial charge in [-0.15, -0.1) is 0 Å². The van der Waals surface area contributed by atoms with Crippen molar-refractivity contribution in [2.75, 3.05) is 18.1 Å². The van der Waals surface area contributed by atoms with Crippen molar-refractivity contribution in [1.29, 1.82) is 0 Å². The fourth-order valence-corrected chi connectivity index (χ4v) is 2.48. The number of hydrogen-bond acceptors (Lipinski definition) is 2. The van der Waals surface area contributed by atoms with Crippen LogP contribution in [0.4, 0.5) is 5.69 Å². The van der Waals surface area contributed by atoms with Crippen molar-refractivity contribution >= 4 is 11.6 Å². The summed E-state index contributed by atoms with van der Waals surface area (Å²) in [6, 6.07) is 13.9. The van der Waals surface area contributed by atoms with Crippen LogP contribution in [0.3, 0.4) is 0 Å². The second-order valence-electron chi connectivity index (χ2n) is 5.53. The van der Waals surface area contributed by atoms with Crippen LogP contribution in [0, 0.1) is 20.8 Å². The van der Waals surface area contributed by atoms with Gasteiger partial charge in [0.15, 0.2) is 6.61 Å². The highest BCUT2D eigenvalue weighted by atomic mass is 16.5. The Morgan fingerprint density at radius 2 is 1.77 bits per heavy atom. The molecule has 0 aliphatic heterocycles. The first-order chi connectivity index (χ1) is 10.5. The van der Waals surface area contributed by atoms with Gasteiger partial charge in [-0.3, -0.25) is 4.79 Å². The first-order valence-electron chi connectivity index (χ1n) is 7.58. The number of carbonyl (C=O) groups excluding carboxylic acids is 1. The van der Waals surface area contributed by atoms with Gasteiger partial charge in [0, 0.05) is 12.2 Å². The van der Waals surface area contributed by atoms with Crippen LogP contribution in [0.25, 0.3) is 0 Å². The van der Waals surface area contributed by atoms with Crippen molar-refractivity contribution in [2.45, 2.75) is 27.7 Å². The second-order valence-corrected chi connectivity index (χ2v) is 5.53. The van der Waals surface area contributed by atoms with Crippen LogP contribution in [0.15, 0.2) is 42.5 Å². The third-order valence-corrected chi connectivity index (χ3v) is 3.61. The molecule has 0 bridgehead atoms. The van der Waals surface area contributed by atoms with E-state index >= 15 is 0 Å². The Morgan fingerprint density at radius 3 is 2.41 bits per heavy atom. The average Bonchev–Trinajstić information content (AvgIpc) is 2.47. The van der Waals surface area contributed by atoms with E-state index in [9.17, 15) is 4.79 Å². The minimum atomic E-state index is -0.0342. The van der Waals surface area contributed by atoms with Crippen molar-refractivity contribution in [2.24, 2.45) is 0 Å². The molecule has 0 aromatic heterocycles. The first-order valence-corrected chi connectivity index (χ1v) is 7.58. The smallest absolute Gasteiger partial charge is 0.264 e. The van der Waals surface area contributed by atoms with E-state index in [1.807, 2.05) is 64.1 Å². The number of aryl methyl sites for hydroxylation is 3. The molecule has 3 heteroatoms. The standard InChI is InChI=1S/C19H23NO2/c1-5-20(17-8-6-7-14(2)12-17)19(21)13-22-18-10-9-15(3)11-16(18)4/h6-12H,5,13H2,1-4H3. The predicted octanol–water partition coefficient (Wildman–Crippen LogP) is 4.04. The van der Waals surface area contributed by atoms with E-state index in [4.69, 9.17) is 4.74 Å². The summed E-state index contributed by atoms with van der Waals surface area (Å²) >= 11 is 0. The minimum absolute atomic E-state index is 0.0342. The maximum absolute atomic E-state index is 12.4. The van der Waals surface area contributed by atoms with Crippen LogP contribution in [0.5, 0.6) is 5.75 Å². The van der Waals surface area contributed by atoms with Gasteiger partial charge >= 0.3 is 0 Å². The van der Waals surface area contributed by atoms with Gasteiger partial charge in [-0.05, 0) is 57.0 Å². The number of benzene rings is 2. The molecule has 0 radical (unpaired) electrons. The third kappa shape index (κ3) is 3.88. The van der Waals surface area contributed by atoms with Crippen LogP contribution < -0.4 is 9.64 Å². The van der Waals surface area contributed by atoms with E-state index in [0.29, 0.717) is 6.54 Å². The Bertz CT molecular complexity index is 664. The monoisotopic (exact) mass is 297 g/mol. The molecule has 2 aromatic rings. The number of nitrogens with zero attached hydrogens (tertiary/aromatic N) is 1. The molecule has 2 aromatic carbocycles. The molecule has 116 valence electrons. The highest BCUT2D eigenvalue weighted by Crippen LogP contribution is 2.20. The van der Waals surface area contributed by atoms with Crippen molar-refractivity contribution in [1.82, 2.24) is 0 Å². The largest absolute Gasteiger partial charge is 0.483 e. The quantitative estimate of drug-likeness (QED) is 0.833. The summed E-state index contributed by atoms with van der Waals surface area (Å²) in [6.45, 7) is 8.69. The topological polar surface area (TPSA) is 29.5 Å². The molecule has 0 atom stereocenters. The fraction of sp³-hybridized carbons (Fsp3) is 0.316. The van der Waals surface area contributed by atoms with Gasteiger partial charge in [-0.1, -0.05) is 29.8 Å². The molecular formula is C19H23NO2. The van der Waals surface area contributed by atoms with Gasteiger partial charge in [0.05, 0.1) is 0 Å². The summed E-state index contributed by atoms with van der Waals surface area (Å²) in [5.74, 6) is 0.729. The lowest BCUT2D eigenvalue weighted by Gasteiger charge is -2.22. The molecule has 0 saturated heterocycles. The summed E-state index contributed by atoms with van der Waals surface area (Å²) in [6.07, 6.45) is 0. The zero-order valence-electron chi connectivity index (χ0n) is 13.7. The SMILES string of the molecule is CCN(C(=O)COc1ccc(C)cc1C)c1cccc(C)c1. The highest BCUT2D eigenvalue weighted by Gasteiger charge is 2.15. The van der Waals surface area contributed by atoms with E-state index in [1.165, 1.54) is 5.56 Å². The van der Waals surface area contributed by atoms with E-state index < -0.39 is 0 Å². The molecule has 22 heavy (non-hydrogen) atoms.